The Morgan fingerprint density at radius 2 is 1.41 bits per heavy atom. The smallest absolute Gasteiger partial charge is 0.146 e. The number of rotatable bonds is 4. The summed E-state index contributed by atoms with van der Waals surface area (Å²) in [4.78, 5) is 0. The summed E-state index contributed by atoms with van der Waals surface area (Å²) in [5.74, 6) is 1.52. The van der Waals surface area contributed by atoms with Crippen LogP contribution in [0.3, 0.4) is 0 Å². The van der Waals surface area contributed by atoms with Crippen molar-refractivity contribution < 1.29 is 5.11 Å². The van der Waals surface area contributed by atoms with E-state index in [2.05, 4.69) is 108 Å². The van der Waals surface area contributed by atoms with Gasteiger partial charge in [-0.15, -0.1) is 0 Å². The molecule has 29 heavy (non-hydrogen) atoms. The molecule has 2 aromatic rings. The number of aliphatic hydroxyl groups excluding tert-OH is 1. The van der Waals surface area contributed by atoms with E-state index in [0.717, 1.165) is 12.8 Å². The second kappa shape index (κ2) is 8.61. The van der Waals surface area contributed by atoms with Gasteiger partial charge in [0.1, 0.15) is 8.07 Å². The first-order valence-corrected chi connectivity index (χ1v) is 13.2. The van der Waals surface area contributed by atoms with Crippen molar-refractivity contribution in [3.63, 3.8) is 0 Å². The molecule has 0 aromatic heterocycles. The molecular formula is C27H38OSi. The standard InChI is InChI=1S/C27H38OSi/c1-20(2)25-17-21(3)26(28)18-22(25)19-29(27(4,5)6,23-13-9-7-10-14-23)24-15-11-8-12-16-24/h7-16,19-21,25-26,28H,17-18H2,1-6H3/b22-19+/t21-,25+,26-/m1/s1. The van der Waals surface area contributed by atoms with Gasteiger partial charge in [0.05, 0.1) is 6.10 Å². The second-order valence-corrected chi connectivity index (χ2v) is 14.9. The Labute approximate surface area is 178 Å². The van der Waals surface area contributed by atoms with Gasteiger partial charge in [0, 0.05) is 0 Å². The molecule has 1 fully saturated rings. The van der Waals surface area contributed by atoms with E-state index in [1.54, 1.807) is 0 Å². The van der Waals surface area contributed by atoms with Gasteiger partial charge in [-0.1, -0.05) is 113 Å². The van der Waals surface area contributed by atoms with Crippen LogP contribution in [0.5, 0.6) is 0 Å². The predicted octanol–water partition coefficient (Wildman–Crippen LogP) is 5.58. The maximum absolute atomic E-state index is 10.8. The lowest BCUT2D eigenvalue weighted by Crippen LogP contribution is -2.63. The zero-order valence-electron chi connectivity index (χ0n) is 19.0. The molecule has 2 aromatic carbocycles. The van der Waals surface area contributed by atoms with Crippen molar-refractivity contribution in [3.8, 4) is 0 Å². The maximum atomic E-state index is 10.8. The molecule has 3 atom stereocenters. The summed E-state index contributed by atoms with van der Waals surface area (Å²) < 4.78 is 0. The van der Waals surface area contributed by atoms with Crippen LogP contribution in [0.2, 0.25) is 5.04 Å². The van der Waals surface area contributed by atoms with Crippen LogP contribution in [0.25, 0.3) is 0 Å². The van der Waals surface area contributed by atoms with Gasteiger partial charge < -0.3 is 5.11 Å². The fraction of sp³-hybridized carbons (Fsp3) is 0.481. The van der Waals surface area contributed by atoms with Crippen LogP contribution in [0.1, 0.15) is 54.4 Å². The summed E-state index contributed by atoms with van der Waals surface area (Å²) in [6, 6.07) is 22.3. The van der Waals surface area contributed by atoms with E-state index in [-0.39, 0.29) is 11.1 Å². The fourth-order valence-corrected chi connectivity index (χ4v) is 10.4. The molecule has 3 rings (SSSR count). The molecule has 1 aliphatic carbocycles. The highest BCUT2D eigenvalue weighted by atomic mass is 28.3. The van der Waals surface area contributed by atoms with Crippen molar-refractivity contribution in [2.45, 2.75) is 65.5 Å². The Bertz CT molecular complexity index is 777. The molecule has 2 heteroatoms. The second-order valence-electron chi connectivity index (χ2n) is 10.3. The molecule has 0 aliphatic heterocycles. The van der Waals surface area contributed by atoms with E-state index in [4.69, 9.17) is 0 Å². The molecule has 0 saturated heterocycles. The van der Waals surface area contributed by atoms with E-state index >= 15 is 0 Å². The highest BCUT2D eigenvalue weighted by Gasteiger charge is 2.47. The van der Waals surface area contributed by atoms with Gasteiger partial charge in [0.25, 0.3) is 0 Å². The van der Waals surface area contributed by atoms with Crippen LogP contribution in [-0.2, 0) is 0 Å². The van der Waals surface area contributed by atoms with E-state index in [0.29, 0.717) is 17.8 Å². The van der Waals surface area contributed by atoms with Gasteiger partial charge in [-0.05, 0) is 46.0 Å². The van der Waals surface area contributed by atoms with Crippen LogP contribution < -0.4 is 10.4 Å². The molecule has 1 aliphatic rings. The summed E-state index contributed by atoms with van der Waals surface area (Å²) in [6.07, 6.45) is 1.67. The molecule has 0 heterocycles. The summed E-state index contributed by atoms with van der Waals surface area (Å²) in [5, 5.41) is 13.8. The zero-order valence-corrected chi connectivity index (χ0v) is 20.0. The molecule has 0 radical (unpaired) electrons. The Morgan fingerprint density at radius 1 is 0.931 bits per heavy atom. The Hall–Kier alpha value is -1.64. The van der Waals surface area contributed by atoms with Gasteiger partial charge in [-0.2, -0.15) is 0 Å². The number of benzene rings is 2. The van der Waals surface area contributed by atoms with Crippen molar-refractivity contribution in [2.75, 3.05) is 0 Å². The SMILES string of the molecule is CC(C)[C@@H]1C[C@@H](C)[C@H](O)C/C1=C\[Si](c1ccccc1)(c1ccccc1)C(C)(C)C. The zero-order chi connectivity index (χ0) is 21.2. The lowest BCUT2D eigenvalue weighted by molar-refractivity contribution is 0.0749. The third kappa shape index (κ3) is 4.29. The molecule has 1 saturated carbocycles. The predicted molar refractivity (Wildman–Crippen MR) is 128 cm³/mol. The third-order valence-corrected chi connectivity index (χ3v) is 12.7. The highest BCUT2D eigenvalue weighted by Crippen LogP contribution is 2.43. The average Bonchev–Trinajstić information content (AvgIpc) is 2.68. The van der Waals surface area contributed by atoms with Crippen molar-refractivity contribution in [1.82, 2.24) is 0 Å². The summed E-state index contributed by atoms with van der Waals surface area (Å²) in [6.45, 7) is 14.1. The minimum Gasteiger partial charge on any atom is -0.393 e. The molecule has 156 valence electrons. The molecule has 0 bridgehead atoms. The van der Waals surface area contributed by atoms with Gasteiger partial charge in [-0.25, -0.2) is 0 Å². The summed E-state index contributed by atoms with van der Waals surface area (Å²) >= 11 is 0. The van der Waals surface area contributed by atoms with Gasteiger partial charge in [-0.3, -0.25) is 0 Å². The van der Waals surface area contributed by atoms with Crippen LogP contribution >= 0.6 is 0 Å². The first-order valence-electron chi connectivity index (χ1n) is 11.2. The number of hydrogen-bond acceptors (Lipinski definition) is 1. The number of aliphatic hydroxyl groups is 1. The normalized spacial score (nSPS) is 24.8. The van der Waals surface area contributed by atoms with Gasteiger partial charge >= 0.3 is 0 Å². The fourth-order valence-electron chi connectivity index (χ4n) is 5.27. The van der Waals surface area contributed by atoms with E-state index in [1.807, 2.05) is 0 Å². The minimum absolute atomic E-state index is 0.109. The molecule has 1 nitrogen and oxygen atoms in total. The number of hydrogen-bond donors (Lipinski definition) is 1. The molecular weight excluding hydrogens is 368 g/mol. The van der Waals surface area contributed by atoms with Crippen molar-refractivity contribution in [2.24, 2.45) is 17.8 Å². The summed E-state index contributed by atoms with van der Waals surface area (Å²) in [5.41, 5.74) is 4.16. The molecule has 1 N–H and O–H groups in total. The topological polar surface area (TPSA) is 20.2 Å². The van der Waals surface area contributed by atoms with Crippen molar-refractivity contribution in [3.05, 3.63) is 71.9 Å². The molecule has 0 spiro atoms. The first-order chi connectivity index (χ1) is 13.7. The lowest BCUT2D eigenvalue weighted by atomic mass is 9.73. The van der Waals surface area contributed by atoms with Crippen molar-refractivity contribution in [1.29, 1.82) is 0 Å². The Morgan fingerprint density at radius 3 is 1.83 bits per heavy atom. The van der Waals surface area contributed by atoms with Crippen molar-refractivity contribution >= 4 is 18.4 Å². The Kier molecular flexibility index (Phi) is 6.55. The van der Waals surface area contributed by atoms with Crippen LogP contribution in [0, 0.1) is 17.8 Å². The lowest BCUT2D eigenvalue weighted by Gasteiger charge is -2.45. The van der Waals surface area contributed by atoms with Gasteiger partial charge in [0.2, 0.25) is 0 Å². The van der Waals surface area contributed by atoms with Crippen LogP contribution in [0.15, 0.2) is 71.9 Å². The van der Waals surface area contributed by atoms with E-state index in [1.165, 1.54) is 15.9 Å². The Balaban J connectivity index is 2.29. The largest absolute Gasteiger partial charge is 0.393 e. The van der Waals surface area contributed by atoms with Crippen LogP contribution in [-0.4, -0.2) is 19.3 Å². The molecule has 0 amide bonds. The third-order valence-electron chi connectivity index (χ3n) is 7.05. The van der Waals surface area contributed by atoms with Gasteiger partial charge in [0.15, 0.2) is 0 Å². The summed E-state index contributed by atoms with van der Waals surface area (Å²) in [7, 11) is -2.25. The average molecular weight is 407 g/mol. The maximum Gasteiger partial charge on any atom is 0.146 e. The van der Waals surface area contributed by atoms with Crippen LogP contribution in [0.4, 0.5) is 0 Å². The monoisotopic (exact) mass is 406 g/mol. The molecule has 0 unspecified atom stereocenters. The first kappa shape index (κ1) is 22.1. The van der Waals surface area contributed by atoms with E-state index in [9.17, 15) is 5.11 Å². The minimum atomic E-state index is -2.25. The highest BCUT2D eigenvalue weighted by molar-refractivity contribution is 7.07. The van der Waals surface area contributed by atoms with E-state index < -0.39 is 8.07 Å². The quantitative estimate of drug-likeness (QED) is 0.657.